The van der Waals surface area contributed by atoms with E-state index in [1.165, 1.54) is 0 Å². The molecule has 0 unspecified atom stereocenters. The van der Waals surface area contributed by atoms with Crippen molar-refractivity contribution in [3.05, 3.63) is 23.1 Å². The fourth-order valence-corrected chi connectivity index (χ4v) is 1.21. The molecule has 1 N–H and O–H groups in total. The van der Waals surface area contributed by atoms with E-state index in [9.17, 15) is 0 Å². The highest BCUT2D eigenvalue weighted by atomic mass is 35.5. The maximum atomic E-state index is 5.62. The lowest BCUT2D eigenvalue weighted by Crippen LogP contribution is -2.19. The van der Waals surface area contributed by atoms with Crippen LogP contribution in [0.1, 0.15) is 5.76 Å². The molecular formula is C10H16ClNO3. The van der Waals surface area contributed by atoms with Crippen molar-refractivity contribution in [3.8, 4) is 0 Å². The van der Waals surface area contributed by atoms with Crippen molar-refractivity contribution in [1.82, 2.24) is 5.32 Å². The molecule has 86 valence electrons. The van der Waals surface area contributed by atoms with E-state index in [-0.39, 0.29) is 0 Å². The minimum absolute atomic E-state index is 0.420. The lowest BCUT2D eigenvalue weighted by atomic mass is 10.4. The van der Waals surface area contributed by atoms with Gasteiger partial charge in [-0.25, -0.2) is 0 Å². The Kier molecular flexibility index (Phi) is 6.43. The first kappa shape index (κ1) is 12.5. The van der Waals surface area contributed by atoms with Crippen LogP contribution in [0.15, 0.2) is 16.5 Å². The Labute approximate surface area is 94.5 Å². The highest BCUT2D eigenvalue weighted by molar-refractivity contribution is 6.28. The monoisotopic (exact) mass is 233 g/mol. The Morgan fingerprint density at radius 2 is 2.20 bits per heavy atom. The summed E-state index contributed by atoms with van der Waals surface area (Å²) in [5.74, 6) is 0.830. The molecule has 0 amide bonds. The van der Waals surface area contributed by atoms with E-state index in [4.69, 9.17) is 25.5 Å². The van der Waals surface area contributed by atoms with Gasteiger partial charge in [0.25, 0.3) is 0 Å². The van der Waals surface area contributed by atoms with Crippen molar-refractivity contribution >= 4 is 11.6 Å². The zero-order chi connectivity index (χ0) is 10.9. The van der Waals surface area contributed by atoms with Crippen LogP contribution < -0.4 is 5.32 Å². The van der Waals surface area contributed by atoms with E-state index in [0.29, 0.717) is 31.6 Å². The summed E-state index contributed by atoms with van der Waals surface area (Å²) in [7, 11) is 1.66. The summed E-state index contributed by atoms with van der Waals surface area (Å²) in [6.07, 6.45) is 0. The van der Waals surface area contributed by atoms with Crippen molar-refractivity contribution < 1.29 is 13.9 Å². The number of nitrogens with one attached hydrogen (secondary N) is 1. The quantitative estimate of drug-likeness (QED) is 0.694. The molecule has 0 atom stereocenters. The summed E-state index contributed by atoms with van der Waals surface area (Å²) in [5.41, 5.74) is 0. The van der Waals surface area contributed by atoms with Crippen LogP contribution >= 0.6 is 11.6 Å². The summed E-state index contributed by atoms with van der Waals surface area (Å²) in [6.45, 7) is 3.37. The predicted octanol–water partition coefficient (Wildman–Crippen LogP) is 1.69. The number of hydrogen-bond acceptors (Lipinski definition) is 4. The first-order valence-corrected chi connectivity index (χ1v) is 5.22. The Balaban J connectivity index is 1.93. The van der Waals surface area contributed by atoms with Gasteiger partial charge in [-0.3, -0.25) is 0 Å². The molecule has 5 heteroatoms. The summed E-state index contributed by atoms with van der Waals surface area (Å²) in [5, 5.41) is 3.59. The van der Waals surface area contributed by atoms with Crippen molar-refractivity contribution in [2.45, 2.75) is 6.54 Å². The van der Waals surface area contributed by atoms with Crippen LogP contribution in [0.3, 0.4) is 0 Å². The largest absolute Gasteiger partial charge is 0.448 e. The molecular weight excluding hydrogens is 218 g/mol. The molecule has 1 rings (SSSR count). The molecule has 1 heterocycles. The Bertz CT molecular complexity index is 265. The lowest BCUT2D eigenvalue weighted by molar-refractivity contribution is 0.0717. The molecule has 0 aliphatic rings. The van der Waals surface area contributed by atoms with E-state index >= 15 is 0 Å². The molecule has 1 aromatic heterocycles. The van der Waals surface area contributed by atoms with Crippen LogP contribution in [-0.2, 0) is 16.0 Å². The first-order valence-electron chi connectivity index (χ1n) is 4.84. The van der Waals surface area contributed by atoms with Gasteiger partial charge in [-0.15, -0.1) is 0 Å². The van der Waals surface area contributed by atoms with Gasteiger partial charge in [-0.2, -0.15) is 0 Å². The average molecular weight is 234 g/mol. The highest BCUT2D eigenvalue weighted by Crippen LogP contribution is 2.12. The minimum Gasteiger partial charge on any atom is -0.448 e. The van der Waals surface area contributed by atoms with E-state index < -0.39 is 0 Å². The maximum Gasteiger partial charge on any atom is 0.193 e. The van der Waals surface area contributed by atoms with E-state index in [1.807, 2.05) is 6.07 Å². The molecule has 0 spiro atoms. The predicted molar refractivity (Wildman–Crippen MR) is 58.1 cm³/mol. The Hall–Kier alpha value is -0.550. The Morgan fingerprint density at radius 3 is 2.87 bits per heavy atom. The van der Waals surface area contributed by atoms with Crippen molar-refractivity contribution in [3.63, 3.8) is 0 Å². The number of methoxy groups -OCH3 is 1. The molecule has 0 fully saturated rings. The normalized spacial score (nSPS) is 10.8. The fourth-order valence-electron chi connectivity index (χ4n) is 1.05. The average Bonchev–Trinajstić information content (AvgIpc) is 2.63. The van der Waals surface area contributed by atoms with E-state index in [0.717, 1.165) is 12.3 Å². The van der Waals surface area contributed by atoms with E-state index in [1.54, 1.807) is 13.2 Å². The van der Waals surface area contributed by atoms with Gasteiger partial charge >= 0.3 is 0 Å². The number of ether oxygens (including phenoxy) is 2. The third-order valence-electron chi connectivity index (χ3n) is 1.78. The fraction of sp³-hybridized carbons (Fsp3) is 0.600. The third-order valence-corrected chi connectivity index (χ3v) is 1.99. The van der Waals surface area contributed by atoms with Gasteiger partial charge in [0.2, 0.25) is 0 Å². The molecule has 0 aromatic carbocycles. The summed E-state index contributed by atoms with van der Waals surface area (Å²) < 4.78 is 15.3. The first-order chi connectivity index (χ1) is 7.33. The topological polar surface area (TPSA) is 43.6 Å². The SMILES string of the molecule is COCCOCCNCc1ccc(Cl)o1. The third kappa shape index (κ3) is 5.79. The van der Waals surface area contributed by atoms with Crippen LogP contribution in [0.2, 0.25) is 5.22 Å². The van der Waals surface area contributed by atoms with Gasteiger partial charge in [-0.1, -0.05) is 0 Å². The lowest BCUT2D eigenvalue weighted by Gasteiger charge is -2.04. The van der Waals surface area contributed by atoms with Crippen LogP contribution in [0.25, 0.3) is 0 Å². The van der Waals surface area contributed by atoms with Gasteiger partial charge < -0.3 is 19.2 Å². The molecule has 0 aliphatic carbocycles. The summed E-state index contributed by atoms with van der Waals surface area (Å²) in [4.78, 5) is 0. The molecule has 4 nitrogen and oxygen atoms in total. The minimum atomic E-state index is 0.420. The molecule has 1 aromatic rings. The Morgan fingerprint density at radius 1 is 1.33 bits per heavy atom. The summed E-state index contributed by atoms with van der Waals surface area (Å²) in [6, 6.07) is 3.58. The van der Waals surface area contributed by atoms with Gasteiger partial charge in [0.15, 0.2) is 5.22 Å². The zero-order valence-corrected chi connectivity index (χ0v) is 9.55. The van der Waals surface area contributed by atoms with E-state index in [2.05, 4.69) is 5.32 Å². The van der Waals surface area contributed by atoms with Gasteiger partial charge in [0.1, 0.15) is 5.76 Å². The number of furan rings is 1. The molecule has 0 bridgehead atoms. The highest BCUT2D eigenvalue weighted by Gasteiger charge is 1.98. The van der Waals surface area contributed by atoms with Crippen LogP contribution in [0.5, 0.6) is 0 Å². The van der Waals surface area contributed by atoms with Crippen molar-refractivity contribution in [1.29, 1.82) is 0 Å². The van der Waals surface area contributed by atoms with Crippen LogP contribution in [-0.4, -0.2) is 33.5 Å². The second-order valence-corrected chi connectivity index (χ2v) is 3.36. The van der Waals surface area contributed by atoms with Crippen molar-refractivity contribution in [2.24, 2.45) is 0 Å². The van der Waals surface area contributed by atoms with Crippen LogP contribution in [0, 0.1) is 0 Å². The van der Waals surface area contributed by atoms with Gasteiger partial charge in [-0.05, 0) is 23.7 Å². The summed E-state index contributed by atoms with van der Waals surface area (Å²) >= 11 is 5.62. The maximum absolute atomic E-state index is 5.62. The number of halogens is 1. The smallest absolute Gasteiger partial charge is 0.193 e. The zero-order valence-electron chi connectivity index (χ0n) is 8.79. The molecule has 0 radical (unpaired) electrons. The molecule has 0 saturated heterocycles. The molecule has 15 heavy (non-hydrogen) atoms. The van der Waals surface area contributed by atoms with Gasteiger partial charge in [0, 0.05) is 13.7 Å². The number of hydrogen-bond donors (Lipinski definition) is 1. The second-order valence-electron chi connectivity index (χ2n) is 2.99. The molecule has 0 saturated carbocycles. The van der Waals surface area contributed by atoms with Crippen molar-refractivity contribution in [2.75, 3.05) is 33.5 Å². The van der Waals surface area contributed by atoms with Gasteiger partial charge in [0.05, 0.1) is 26.4 Å². The van der Waals surface area contributed by atoms with Crippen LogP contribution in [0.4, 0.5) is 0 Å². The second kappa shape index (κ2) is 7.70. The standard InChI is InChI=1S/C10H16ClNO3/c1-13-6-7-14-5-4-12-8-9-2-3-10(11)15-9/h2-3,12H,4-8H2,1H3. The molecule has 0 aliphatic heterocycles. The number of rotatable bonds is 8.